The summed E-state index contributed by atoms with van der Waals surface area (Å²) in [5, 5.41) is 2.15. The van der Waals surface area contributed by atoms with Gasteiger partial charge in [0.1, 0.15) is 5.58 Å². The number of hydrogen-bond acceptors (Lipinski definition) is 3. The van der Waals surface area contributed by atoms with Crippen molar-refractivity contribution in [3.05, 3.63) is 199 Å². The fourth-order valence-corrected chi connectivity index (χ4v) is 7.86. The van der Waals surface area contributed by atoms with Crippen LogP contribution in [0, 0.1) is 18.1 Å². The van der Waals surface area contributed by atoms with Crippen LogP contribution in [0.25, 0.3) is 83.6 Å². The largest absolute Gasteiger partial charge is 0.501 e. The number of aromatic nitrogens is 3. The maximum absolute atomic E-state index is 12.7. The minimum absolute atomic E-state index is 0. The molecule has 7 aromatic carbocycles. The zero-order chi connectivity index (χ0) is 40.5. The van der Waals surface area contributed by atoms with E-state index in [1.807, 2.05) is 30.3 Å². The van der Waals surface area contributed by atoms with Crippen LogP contribution in [-0.4, -0.2) is 14.5 Å². The number of hydrogen-bond donors (Lipinski definition) is 0. The van der Waals surface area contributed by atoms with Crippen molar-refractivity contribution in [1.82, 2.24) is 14.5 Å². The van der Waals surface area contributed by atoms with Crippen molar-refractivity contribution in [2.45, 2.75) is 39.5 Å². The van der Waals surface area contributed by atoms with E-state index in [2.05, 4.69) is 165 Å². The maximum Gasteiger partial charge on any atom is 0.204 e. The molecule has 0 unspecified atom stereocenters. The normalized spacial score (nSPS) is 11.2. The molecule has 0 fully saturated rings. The molecular weight excluding hydrogens is 918 g/mol. The SMILES string of the molecule is CC(C)c1cc(-c2ccccc2)cc(C(C)C)c1-n1c(-c2[c-]ccc3c2oc2cc(-c4ccccc4)ccc23)nc2ccccc21.Fc1cccc(-c2[c-]cccc2)n1.[Ir]. The molecule has 3 heterocycles. The molecule has 4 nitrogen and oxygen atoms in total. The summed E-state index contributed by atoms with van der Waals surface area (Å²) in [5.74, 6) is 0.945. The second-order valence-electron chi connectivity index (χ2n) is 15.3. The van der Waals surface area contributed by atoms with Gasteiger partial charge in [-0.25, -0.2) is 0 Å². The molecule has 10 aromatic rings. The molecular formula is C54H42FIrN3O-2. The van der Waals surface area contributed by atoms with Gasteiger partial charge >= 0.3 is 0 Å². The molecule has 297 valence electrons. The first-order valence-corrected chi connectivity index (χ1v) is 20.1. The monoisotopic (exact) mass is 960 g/mol. The number of imidazole rings is 1. The van der Waals surface area contributed by atoms with Crippen molar-refractivity contribution in [3.8, 4) is 50.6 Å². The molecule has 0 saturated carbocycles. The Labute approximate surface area is 363 Å². The fraction of sp³-hybridized carbons (Fsp3) is 0.111. The Kier molecular flexibility index (Phi) is 11.7. The number of fused-ring (bicyclic) bond motifs is 4. The average Bonchev–Trinajstić information content (AvgIpc) is 3.85. The van der Waals surface area contributed by atoms with Gasteiger partial charge in [-0.05, 0) is 87.3 Å². The number of pyridine rings is 1. The first-order valence-electron chi connectivity index (χ1n) is 20.1. The van der Waals surface area contributed by atoms with Gasteiger partial charge in [0.05, 0.1) is 22.4 Å². The van der Waals surface area contributed by atoms with E-state index < -0.39 is 5.95 Å². The van der Waals surface area contributed by atoms with E-state index in [4.69, 9.17) is 9.40 Å². The summed E-state index contributed by atoms with van der Waals surface area (Å²) < 4.78 is 21.8. The van der Waals surface area contributed by atoms with E-state index in [9.17, 15) is 4.39 Å². The third-order valence-electron chi connectivity index (χ3n) is 10.8. The van der Waals surface area contributed by atoms with Crippen LogP contribution in [0.15, 0.2) is 174 Å². The minimum Gasteiger partial charge on any atom is -0.501 e. The Bertz CT molecular complexity index is 3030. The molecule has 60 heavy (non-hydrogen) atoms. The average molecular weight is 960 g/mol. The van der Waals surface area contributed by atoms with Crippen molar-refractivity contribution in [2.75, 3.05) is 0 Å². The molecule has 0 aliphatic carbocycles. The molecule has 0 aliphatic heterocycles. The Balaban J connectivity index is 0.000000304. The molecule has 0 bridgehead atoms. The topological polar surface area (TPSA) is 43.9 Å². The Morgan fingerprint density at radius 1 is 0.567 bits per heavy atom. The Morgan fingerprint density at radius 3 is 1.90 bits per heavy atom. The molecule has 6 heteroatoms. The number of rotatable bonds is 7. The van der Waals surface area contributed by atoms with E-state index >= 15 is 0 Å². The van der Waals surface area contributed by atoms with Gasteiger partial charge in [-0.3, -0.25) is 9.97 Å². The molecule has 0 N–H and O–H groups in total. The molecule has 3 aromatic heterocycles. The van der Waals surface area contributed by atoms with E-state index in [0.29, 0.717) is 5.69 Å². The number of furan rings is 1. The fourth-order valence-electron chi connectivity index (χ4n) is 7.86. The van der Waals surface area contributed by atoms with E-state index in [0.717, 1.165) is 55.5 Å². The minimum atomic E-state index is -0.463. The number of nitrogens with zero attached hydrogens (tertiary/aromatic N) is 3. The van der Waals surface area contributed by atoms with Gasteiger partial charge in [-0.2, -0.15) is 4.39 Å². The van der Waals surface area contributed by atoms with Gasteiger partial charge in [0, 0.05) is 31.2 Å². The first kappa shape index (κ1) is 40.3. The summed E-state index contributed by atoms with van der Waals surface area (Å²) in [5.41, 5.74) is 14.5. The summed E-state index contributed by atoms with van der Waals surface area (Å²) in [6.45, 7) is 9.14. The van der Waals surface area contributed by atoms with E-state index in [1.165, 1.54) is 39.6 Å². The zero-order valence-electron chi connectivity index (χ0n) is 33.8. The van der Waals surface area contributed by atoms with Crippen LogP contribution in [0.2, 0.25) is 0 Å². The Morgan fingerprint density at radius 2 is 1.23 bits per heavy atom. The summed E-state index contributed by atoms with van der Waals surface area (Å²) in [7, 11) is 0. The first-order chi connectivity index (χ1) is 28.8. The van der Waals surface area contributed by atoms with Crippen molar-refractivity contribution in [3.63, 3.8) is 0 Å². The second kappa shape index (κ2) is 17.4. The third kappa shape index (κ3) is 7.85. The van der Waals surface area contributed by atoms with Crippen LogP contribution in [0.5, 0.6) is 0 Å². The van der Waals surface area contributed by atoms with Crippen LogP contribution in [-0.2, 0) is 20.1 Å². The van der Waals surface area contributed by atoms with E-state index in [1.54, 1.807) is 18.2 Å². The van der Waals surface area contributed by atoms with Crippen molar-refractivity contribution < 1.29 is 28.9 Å². The smallest absolute Gasteiger partial charge is 0.204 e. The second-order valence-corrected chi connectivity index (χ2v) is 15.3. The van der Waals surface area contributed by atoms with Gasteiger partial charge in [0.15, 0.2) is 0 Å². The predicted octanol–water partition coefficient (Wildman–Crippen LogP) is 14.7. The molecule has 0 aliphatic rings. The number of halogens is 1. The molecule has 10 rings (SSSR count). The number of para-hydroxylation sites is 2. The van der Waals surface area contributed by atoms with Crippen LogP contribution < -0.4 is 0 Å². The van der Waals surface area contributed by atoms with Gasteiger partial charge in [-0.1, -0.05) is 136 Å². The van der Waals surface area contributed by atoms with E-state index in [-0.39, 0.29) is 31.9 Å². The Hall–Kier alpha value is -6.46. The van der Waals surface area contributed by atoms with Gasteiger partial charge < -0.3 is 8.98 Å². The standard InChI is InChI=1S/C43H35N2O.C11H7FN.Ir/c1-27(2)36-24-32(30-16-9-6-10-17-30)25-37(28(3)4)41(36)45-39-21-12-11-20-38(39)44-43(45)35-19-13-18-34-33-23-22-31(26-40(33)46-42(34)35)29-14-7-5-8-15-29;12-11-8-4-7-10(13-11)9-5-2-1-3-6-9;/h5-18,20-28H,1-4H3;1-5,7-8H;/q2*-1;. The zero-order valence-corrected chi connectivity index (χ0v) is 36.2. The molecule has 1 radical (unpaired) electrons. The van der Waals surface area contributed by atoms with Crippen molar-refractivity contribution >= 4 is 33.0 Å². The molecule has 0 atom stereocenters. The summed E-state index contributed by atoms with van der Waals surface area (Å²) in [6, 6.07) is 63.6. The summed E-state index contributed by atoms with van der Waals surface area (Å²) in [6.07, 6.45) is 0. The van der Waals surface area contributed by atoms with Crippen molar-refractivity contribution in [2.24, 2.45) is 0 Å². The predicted molar refractivity (Wildman–Crippen MR) is 240 cm³/mol. The van der Waals surface area contributed by atoms with Crippen LogP contribution >= 0.6 is 0 Å². The summed E-state index contributed by atoms with van der Waals surface area (Å²) in [4.78, 5) is 9.04. The molecule has 0 amide bonds. The van der Waals surface area contributed by atoms with Crippen molar-refractivity contribution in [1.29, 1.82) is 0 Å². The molecule has 0 spiro atoms. The van der Waals surface area contributed by atoms with Gasteiger partial charge in [-0.15, -0.1) is 54.1 Å². The van der Waals surface area contributed by atoms with Crippen LogP contribution in [0.1, 0.15) is 50.7 Å². The van der Waals surface area contributed by atoms with Crippen LogP contribution in [0.4, 0.5) is 4.39 Å². The van der Waals surface area contributed by atoms with Crippen LogP contribution in [0.3, 0.4) is 0 Å². The summed E-state index contributed by atoms with van der Waals surface area (Å²) >= 11 is 0. The van der Waals surface area contributed by atoms with Gasteiger partial charge in [0.25, 0.3) is 0 Å². The maximum atomic E-state index is 12.7. The molecule has 0 saturated heterocycles. The van der Waals surface area contributed by atoms with Gasteiger partial charge in [0.2, 0.25) is 5.95 Å². The third-order valence-corrected chi connectivity index (χ3v) is 10.8. The number of benzene rings is 7. The quantitative estimate of drug-likeness (QED) is 0.118.